The van der Waals surface area contributed by atoms with Crippen LogP contribution in [0, 0.1) is 0 Å². The van der Waals surface area contributed by atoms with E-state index in [0.29, 0.717) is 0 Å². The molecule has 0 aliphatic carbocycles. The Labute approximate surface area is 128 Å². The molecule has 0 aromatic heterocycles. The third-order valence-corrected chi connectivity index (χ3v) is 1.97. The van der Waals surface area contributed by atoms with Gasteiger partial charge in [-0.25, -0.2) is 0 Å². The molecule has 0 spiro atoms. The van der Waals surface area contributed by atoms with Gasteiger partial charge in [0.25, 0.3) is 0 Å². The number of carboxylic acid groups (broad SMARTS) is 1. The fourth-order valence-electron chi connectivity index (χ4n) is 0.917. The maximum absolute atomic E-state index is 10.3. The molecule has 0 atom stereocenters. The van der Waals surface area contributed by atoms with Crippen molar-refractivity contribution in [3.63, 3.8) is 0 Å². The van der Waals surface area contributed by atoms with Crippen LogP contribution in [0.4, 0.5) is 0 Å². The van der Waals surface area contributed by atoms with E-state index < -0.39 is 5.97 Å². The Kier molecular flexibility index (Phi) is 7.59. The van der Waals surface area contributed by atoms with Crippen molar-refractivity contribution in [2.75, 3.05) is 5.33 Å². The molecule has 1 aromatic carbocycles. The molecular formula is C9H8BrKO2. The monoisotopic (exact) mass is 266 g/mol. The summed E-state index contributed by atoms with van der Waals surface area (Å²) in [6, 6.07) is 6.72. The maximum Gasteiger partial charge on any atom is 1.00 e. The number of halogens is 1. The van der Waals surface area contributed by atoms with E-state index in [9.17, 15) is 9.90 Å². The van der Waals surface area contributed by atoms with Gasteiger partial charge >= 0.3 is 51.4 Å². The standard InChI is InChI=1S/C9H9BrO2.K/c10-6-5-7-1-3-8(4-2-7)9(11)12;/h1-4H,5-6H2,(H,11,12);/q;+1/p-1. The van der Waals surface area contributed by atoms with E-state index in [0.717, 1.165) is 17.3 Å². The quantitative estimate of drug-likeness (QED) is 0.469. The second-order valence-electron chi connectivity index (χ2n) is 2.42. The van der Waals surface area contributed by atoms with Crippen molar-refractivity contribution >= 4 is 21.9 Å². The number of carbonyl (C=O) groups excluding carboxylic acids is 1. The molecule has 0 bridgehead atoms. The molecule has 4 heteroatoms. The van der Waals surface area contributed by atoms with E-state index in [2.05, 4.69) is 15.9 Å². The van der Waals surface area contributed by atoms with Crippen LogP contribution in [0.3, 0.4) is 0 Å². The van der Waals surface area contributed by atoms with Crippen LogP contribution in [-0.4, -0.2) is 11.3 Å². The molecular weight excluding hydrogens is 259 g/mol. The van der Waals surface area contributed by atoms with Gasteiger partial charge in [-0.1, -0.05) is 40.2 Å². The SMILES string of the molecule is O=C([O-])c1ccc(CCBr)cc1.[K+]. The first-order valence-electron chi connectivity index (χ1n) is 3.60. The summed E-state index contributed by atoms with van der Waals surface area (Å²) in [5.41, 5.74) is 1.35. The van der Waals surface area contributed by atoms with E-state index in [1.54, 1.807) is 24.3 Å². The summed E-state index contributed by atoms with van der Waals surface area (Å²) < 4.78 is 0. The molecule has 0 heterocycles. The molecule has 0 N–H and O–H groups in total. The van der Waals surface area contributed by atoms with Gasteiger partial charge in [-0.15, -0.1) is 0 Å². The molecule has 0 unspecified atom stereocenters. The summed E-state index contributed by atoms with van der Waals surface area (Å²) in [6.07, 6.45) is 0.910. The van der Waals surface area contributed by atoms with Gasteiger partial charge in [-0.2, -0.15) is 0 Å². The minimum atomic E-state index is -1.12. The van der Waals surface area contributed by atoms with Crippen LogP contribution in [0.25, 0.3) is 0 Å². The first-order valence-corrected chi connectivity index (χ1v) is 4.72. The number of carboxylic acids is 1. The number of aryl methyl sites for hydroxylation is 1. The molecule has 1 aromatic rings. The van der Waals surface area contributed by atoms with Gasteiger partial charge in [0, 0.05) is 5.33 Å². The number of carbonyl (C=O) groups is 1. The van der Waals surface area contributed by atoms with Gasteiger partial charge in [-0.3, -0.25) is 0 Å². The molecule has 0 fully saturated rings. The van der Waals surface area contributed by atoms with Crippen LogP contribution in [0.5, 0.6) is 0 Å². The Morgan fingerprint density at radius 3 is 2.23 bits per heavy atom. The predicted molar refractivity (Wildman–Crippen MR) is 48.3 cm³/mol. The fourth-order valence-corrected chi connectivity index (χ4v) is 1.37. The zero-order valence-electron chi connectivity index (χ0n) is 7.42. The van der Waals surface area contributed by atoms with Crippen molar-refractivity contribution in [2.45, 2.75) is 6.42 Å². The predicted octanol–water partition coefficient (Wildman–Crippen LogP) is -2.01. The van der Waals surface area contributed by atoms with Crippen molar-refractivity contribution in [1.82, 2.24) is 0 Å². The second kappa shape index (κ2) is 7.14. The Balaban J connectivity index is 0.00000144. The molecule has 0 aliphatic heterocycles. The van der Waals surface area contributed by atoms with Crippen molar-refractivity contribution in [3.05, 3.63) is 35.4 Å². The van der Waals surface area contributed by atoms with Gasteiger partial charge in [0.1, 0.15) is 0 Å². The fraction of sp³-hybridized carbons (Fsp3) is 0.222. The molecule has 13 heavy (non-hydrogen) atoms. The first kappa shape index (κ1) is 13.8. The summed E-state index contributed by atoms with van der Waals surface area (Å²) in [5.74, 6) is -1.12. The van der Waals surface area contributed by atoms with Crippen LogP contribution in [0.1, 0.15) is 15.9 Å². The van der Waals surface area contributed by atoms with Crippen LogP contribution in [0.15, 0.2) is 24.3 Å². The smallest absolute Gasteiger partial charge is 0.545 e. The normalized spacial score (nSPS) is 9.00. The second-order valence-corrected chi connectivity index (χ2v) is 3.22. The molecule has 64 valence electrons. The van der Waals surface area contributed by atoms with Gasteiger partial charge < -0.3 is 9.90 Å². The van der Waals surface area contributed by atoms with E-state index in [-0.39, 0.29) is 56.9 Å². The van der Waals surface area contributed by atoms with Gasteiger partial charge in [0.05, 0.1) is 5.97 Å². The minimum absolute atomic E-state index is 0. The topological polar surface area (TPSA) is 40.1 Å². The summed E-state index contributed by atoms with van der Waals surface area (Å²) in [5, 5.41) is 11.2. The molecule has 0 radical (unpaired) electrons. The van der Waals surface area contributed by atoms with Crippen molar-refractivity contribution in [1.29, 1.82) is 0 Å². The number of benzene rings is 1. The molecule has 0 saturated heterocycles. The van der Waals surface area contributed by atoms with Crippen LogP contribution >= 0.6 is 15.9 Å². The Morgan fingerprint density at radius 2 is 1.85 bits per heavy atom. The minimum Gasteiger partial charge on any atom is -0.545 e. The average Bonchev–Trinajstić information content (AvgIpc) is 2.06. The zero-order chi connectivity index (χ0) is 8.97. The number of hydrogen-bond donors (Lipinski definition) is 0. The van der Waals surface area contributed by atoms with Crippen LogP contribution in [-0.2, 0) is 6.42 Å². The number of alkyl halides is 1. The average molecular weight is 267 g/mol. The zero-order valence-corrected chi connectivity index (χ0v) is 12.1. The molecule has 0 amide bonds. The van der Waals surface area contributed by atoms with Crippen LogP contribution < -0.4 is 56.5 Å². The third-order valence-electron chi connectivity index (χ3n) is 1.57. The molecule has 2 nitrogen and oxygen atoms in total. The summed E-state index contributed by atoms with van der Waals surface area (Å²) in [6.45, 7) is 0. The van der Waals surface area contributed by atoms with E-state index in [1.165, 1.54) is 0 Å². The Bertz CT molecular complexity index is 271. The number of rotatable bonds is 3. The van der Waals surface area contributed by atoms with Crippen molar-refractivity contribution in [3.8, 4) is 0 Å². The number of hydrogen-bond acceptors (Lipinski definition) is 2. The largest absolute Gasteiger partial charge is 1.00 e. The van der Waals surface area contributed by atoms with E-state index in [1.807, 2.05) is 0 Å². The summed E-state index contributed by atoms with van der Waals surface area (Å²) in [7, 11) is 0. The summed E-state index contributed by atoms with van der Waals surface area (Å²) in [4.78, 5) is 10.3. The Morgan fingerprint density at radius 1 is 1.31 bits per heavy atom. The van der Waals surface area contributed by atoms with Crippen molar-refractivity contribution < 1.29 is 61.3 Å². The van der Waals surface area contributed by atoms with E-state index in [4.69, 9.17) is 0 Å². The van der Waals surface area contributed by atoms with Crippen LogP contribution in [0.2, 0.25) is 0 Å². The Hall–Kier alpha value is 0.806. The van der Waals surface area contributed by atoms with Crippen molar-refractivity contribution in [2.24, 2.45) is 0 Å². The third kappa shape index (κ3) is 4.72. The van der Waals surface area contributed by atoms with Gasteiger partial charge in [0.15, 0.2) is 0 Å². The van der Waals surface area contributed by atoms with E-state index >= 15 is 0 Å². The number of aromatic carboxylic acids is 1. The molecule has 0 saturated carbocycles. The maximum atomic E-state index is 10.3. The first-order chi connectivity index (χ1) is 5.74. The molecule has 0 aliphatic rings. The summed E-state index contributed by atoms with van der Waals surface area (Å²) >= 11 is 3.30. The molecule has 1 rings (SSSR count). The van der Waals surface area contributed by atoms with Gasteiger partial charge in [0.2, 0.25) is 0 Å². The van der Waals surface area contributed by atoms with Gasteiger partial charge in [-0.05, 0) is 17.5 Å².